The summed E-state index contributed by atoms with van der Waals surface area (Å²) in [5.74, 6) is -2.37. The highest BCUT2D eigenvalue weighted by Gasteiger charge is 2.24. The van der Waals surface area contributed by atoms with E-state index in [-0.39, 0.29) is 6.04 Å². The molecular weight excluding hydrogens is 272 g/mol. The molecule has 2 nitrogen and oxygen atoms in total. The van der Waals surface area contributed by atoms with Crippen molar-refractivity contribution >= 4 is 5.91 Å². The zero-order valence-electron chi connectivity index (χ0n) is 11.4. The van der Waals surface area contributed by atoms with Gasteiger partial charge < -0.3 is 5.32 Å². The lowest BCUT2D eigenvalue weighted by Crippen LogP contribution is -2.32. The summed E-state index contributed by atoms with van der Waals surface area (Å²) in [5.41, 5.74) is 1.71. The molecule has 108 valence electrons. The van der Waals surface area contributed by atoms with E-state index in [9.17, 15) is 13.6 Å². The van der Waals surface area contributed by atoms with Crippen LogP contribution in [0.4, 0.5) is 8.78 Å². The lowest BCUT2D eigenvalue weighted by molar-refractivity contribution is 0.0924. The van der Waals surface area contributed by atoms with Crippen LogP contribution >= 0.6 is 0 Å². The van der Waals surface area contributed by atoms with Gasteiger partial charge in [-0.1, -0.05) is 30.3 Å². The van der Waals surface area contributed by atoms with Crippen LogP contribution < -0.4 is 5.32 Å². The highest BCUT2D eigenvalue weighted by atomic mass is 19.1. The molecule has 3 rings (SSSR count). The number of benzene rings is 2. The van der Waals surface area contributed by atoms with Crippen LogP contribution in [-0.4, -0.2) is 5.91 Å². The maximum absolute atomic E-state index is 13.7. The van der Waals surface area contributed by atoms with Gasteiger partial charge in [-0.05, 0) is 42.5 Å². The van der Waals surface area contributed by atoms with Gasteiger partial charge in [0.2, 0.25) is 0 Å². The lowest BCUT2D eigenvalue weighted by atomic mass is 9.87. The van der Waals surface area contributed by atoms with Crippen LogP contribution in [0.3, 0.4) is 0 Å². The molecule has 4 heteroatoms. The first-order chi connectivity index (χ1) is 10.2. The number of carbonyl (C=O) groups excluding carboxylic acids is 1. The zero-order valence-corrected chi connectivity index (χ0v) is 11.4. The second-order valence-corrected chi connectivity index (χ2v) is 5.21. The first-order valence-corrected chi connectivity index (χ1v) is 6.99. The molecule has 0 saturated carbocycles. The molecule has 1 amide bonds. The number of halogens is 2. The first kappa shape index (κ1) is 13.7. The van der Waals surface area contributed by atoms with E-state index in [1.54, 1.807) is 0 Å². The molecule has 0 aromatic heterocycles. The molecule has 0 unspecified atom stereocenters. The molecule has 0 fully saturated rings. The van der Waals surface area contributed by atoms with E-state index in [0.29, 0.717) is 0 Å². The molecule has 1 N–H and O–H groups in total. The Bertz CT molecular complexity index is 664. The van der Waals surface area contributed by atoms with Crippen molar-refractivity contribution in [2.24, 2.45) is 0 Å². The molecule has 0 saturated heterocycles. The summed E-state index contributed by atoms with van der Waals surface area (Å²) in [5, 5.41) is 2.75. The summed E-state index contributed by atoms with van der Waals surface area (Å²) < 4.78 is 27.3. The van der Waals surface area contributed by atoms with Crippen molar-refractivity contribution in [3.05, 3.63) is 70.8 Å². The number of carbonyl (C=O) groups is 1. The number of nitrogens with one attached hydrogen (secondary N) is 1. The molecule has 0 heterocycles. The molecule has 0 bridgehead atoms. The van der Waals surface area contributed by atoms with Crippen molar-refractivity contribution < 1.29 is 13.6 Å². The van der Waals surface area contributed by atoms with Gasteiger partial charge in [0.05, 0.1) is 6.04 Å². The topological polar surface area (TPSA) is 29.1 Å². The zero-order chi connectivity index (χ0) is 14.8. The van der Waals surface area contributed by atoms with Crippen molar-refractivity contribution in [3.63, 3.8) is 0 Å². The Hall–Kier alpha value is -2.23. The molecule has 2 aromatic rings. The molecule has 0 spiro atoms. The monoisotopic (exact) mass is 287 g/mol. The third-order valence-electron chi connectivity index (χ3n) is 3.86. The molecule has 2 aromatic carbocycles. The van der Waals surface area contributed by atoms with Gasteiger partial charge in [-0.3, -0.25) is 4.79 Å². The van der Waals surface area contributed by atoms with Crippen LogP contribution in [0.1, 0.15) is 40.4 Å². The van der Waals surface area contributed by atoms with Crippen LogP contribution in [0, 0.1) is 11.6 Å². The number of fused-ring (bicyclic) bond motifs is 1. The average molecular weight is 287 g/mol. The quantitative estimate of drug-likeness (QED) is 0.895. The molecule has 21 heavy (non-hydrogen) atoms. The third-order valence-corrected chi connectivity index (χ3v) is 3.86. The standard InChI is InChI=1S/C17H15F2NO/c18-13-8-4-9-14(19)16(13)17(21)20-15-10-3-6-11-5-1-2-7-12(11)15/h1-2,4-5,7-9,15H,3,6,10H2,(H,20,21)/t15-/m0/s1. The predicted octanol–water partition coefficient (Wildman–Crippen LogP) is 3.77. The van der Waals surface area contributed by atoms with Crippen LogP contribution in [0.5, 0.6) is 0 Å². The van der Waals surface area contributed by atoms with E-state index in [1.165, 1.54) is 11.6 Å². The van der Waals surface area contributed by atoms with Gasteiger partial charge >= 0.3 is 0 Å². The van der Waals surface area contributed by atoms with Crippen LogP contribution in [0.2, 0.25) is 0 Å². The molecule has 0 radical (unpaired) electrons. The van der Waals surface area contributed by atoms with E-state index in [2.05, 4.69) is 5.32 Å². The third kappa shape index (κ3) is 2.66. The summed E-state index contributed by atoms with van der Waals surface area (Å²) in [6.45, 7) is 0. The Morgan fingerprint density at radius 3 is 2.52 bits per heavy atom. The lowest BCUT2D eigenvalue weighted by Gasteiger charge is -2.26. The Labute approximate surface area is 121 Å². The smallest absolute Gasteiger partial charge is 0.257 e. The molecule has 1 atom stereocenters. The Kier molecular flexibility index (Phi) is 3.69. The fourth-order valence-corrected chi connectivity index (χ4v) is 2.85. The average Bonchev–Trinajstić information content (AvgIpc) is 2.47. The minimum atomic E-state index is -0.836. The fraction of sp³-hybridized carbons (Fsp3) is 0.235. The molecule has 1 aliphatic carbocycles. The normalized spacial score (nSPS) is 17.1. The SMILES string of the molecule is O=C(N[C@H]1CCCc2ccccc21)c1c(F)cccc1F. The summed E-state index contributed by atoms with van der Waals surface area (Å²) in [6.07, 6.45) is 2.69. The van der Waals surface area contributed by atoms with Gasteiger partial charge in [0.25, 0.3) is 5.91 Å². The van der Waals surface area contributed by atoms with Crippen LogP contribution in [0.25, 0.3) is 0 Å². The highest BCUT2D eigenvalue weighted by Crippen LogP contribution is 2.29. The maximum Gasteiger partial charge on any atom is 0.257 e. The van der Waals surface area contributed by atoms with Gasteiger partial charge in [-0.25, -0.2) is 8.78 Å². The Morgan fingerprint density at radius 1 is 1.05 bits per heavy atom. The number of hydrogen-bond acceptors (Lipinski definition) is 1. The van der Waals surface area contributed by atoms with Crippen molar-refractivity contribution in [2.45, 2.75) is 25.3 Å². The van der Waals surface area contributed by atoms with Crippen LogP contribution in [0.15, 0.2) is 42.5 Å². The summed E-state index contributed by atoms with van der Waals surface area (Å²) in [6, 6.07) is 11.1. The number of hydrogen-bond donors (Lipinski definition) is 1. The summed E-state index contributed by atoms with van der Waals surface area (Å²) in [4.78, 5) is 12.2. The first-order valence-electron chi connectivity index (χ1n) is 6.99. The van der Waals surface area contributed by atoms with Gasteiger partial charge in [0.15, 0.2) is 0 Å². The van der Waals surface area contributed by atoms with Gasteiger partial charge in [-0.15, -0.1) is 0 Å². The van der Waals surface area contributed by atoms with Crippen molar-refractivity contribution in [1.82, 2.24) is 5.32 Å². The molecule has 1 aliphatic rings. The van der Waals surface area contributed by atoms with E-state index in [0.717, 1.165) is 37.0 Å². The number of aryl methyl sites for hydroxylation is 1. The Morgan fingerprint density at radius 2 is 1.76 bits per heavy atom. The highest BCUT2D eigenvalue weighted by molar-refractivity contribution is 5.95. The second kappa shape index (κ2) is 5.64. The van der Waals surface area contributed by atoms with Crippen LogP contribution in [-0.2, 0) is 6.42 Å². The van der Waals surface area contributed by atoms with Gasteiger partial charge in [0, 0.05) is 0 Å². The number of rotatable bonds is 2. The van der Waals surface area contributed by atoms with Crippen molar-refractivity contribution in [3.8, 4) is 0 Å². The van der Waals surface area contributed by atoms with E-state index < -0.39 is 23.1 Å². The van der Waals surface area contributed by atoms with Gasteiger partial charge in [0.1, 0.15) is 17.2 Å². The summed E-state index contributed by atoms with van der Waals surface area (Å²) in [7, 11) is 0. The maximum atomic E-state index is 13.7. The van der Waals surface area contributed by atoms with E-state index in [1.807, 2.05) is 24.3 Å². The van der Waals surface area contributed by atoms with E-state index >= 15 is 0 Å². The molecular formula is C17H15F2NO. The Balaban J connectivity index is 1.86. The number of amides is 1. The minimum absolute atomic E-state index is 0.193. The van der Waals surface area contributed by atoms with Crippen molar-refractivity contribution in [2.75, 3.05) is 0 Å². The van der Waals surface area contributed by atoms with Gasteiger partial charge in [-0.2, -0.15) is 0 Å². The fourth-order valence-electron chi connectivity index (χ4n) is 2.85. The minimum Gasteiger partial charge on any atom is -0.345 e. The largest absolute Gasteiger partial charge is 0.345 e. The predicted molar refractivity (Wildman–Crippen MR) is 75.9 cm³/mol. The van der Waals surface area contributed by atoms with Crippen molar-refractivity contribution in [1.29, 1.82) is 0 Å². The van der Waals surface area contributed by atoms with E-state index in [4.69, 9.17) is 0 Å². The molecule has 0 aliphatic heterocycles. The summed E-state index contributed by atoms with van der Waals surface area (Å²) >= 11 is 0. The second-order valence-electron chi connectivity index (χ2n) is 5.21.